The zero-order valence-corrected chi connectivity index (χ0v) is 17.9. The Kier molecular flexibility index (Phi) is 5.87. The molecule has 0 N–H and O–H groups in total. The SMILES string of the molecule is O=C(CN1CCN(C(=O)c2cc(-c3ccco3)nc3ccccc23)CC1)N1CCOCC1. The normalized spacial score (nSPS) is 17.6. The average molecular weight is 434 g/mol. The van der Waals surface area contributed by atoms with Crippen molar-refractivity contribution in [2.24, 2.45) is 0 Å². The summed E-state index contributed by atoms with van der Waals surface area (Å²) in [6.45, 7) is 5.44. The summed E-state index contributed by atoms with van der Waals surface area (Å²) in [4.78, 5) is 36.5. The highest BCUT2D eigenvalue weighted by molar-refractivity contribution is 6.07. The number of para-hydroxylation sites is 1. The fourth-order valence-electron chi connectivity index (χ4n) is 4.29. The molecule has 32 heavy (non-hydrogen) atoms. The van der Waals surface area contributed by atoms with E-state index in [2.05, 4.69) is 9.88 Å². The maximum atomic E-state index is 13.5. The lowest BCUT2D eigenvalue weighted by atomic mass is 10.0. The molecular formula is C24H26N4O4. The van der Waals surface area contributed by atoms with Gasteiger partial charge in [-0.3, -0.25) is 14.5 Å². The van der Waals surface area contributed by atoms with Gasteiger partial charge in [0.1, 0.15) is 5.69 Å². The second kappa shape index (κ2) is 9.10. The van der Waals surface area contributed by atoms with Crippen molar-refractivity contribution in [3.8, 4) is 11.5 Å². The molecule has 2 fully saturated rings. The van der Waals surface area contributed by atoms with Gasteiger partial charge in [-0.1, -0.05) is 18.2 Å². The lowest BCUT2D eigenvalue weighted by molar-refractivity contribution is -0.136. The van der Waals surface area contributed by atoms with Crippen LogP contribution in [0.15, 0.2) is 53.1 Å². The van der Waals surface area contributed by atoms with E-state index in [1.54, 1.807) is 6.26 Å². The molecule has 2 aliphatic heterocycles. The Labute approximate surface area is 186 Å². The summed E-state index contributed by atoms with van der Waals surface area (Å²) in [5, 5.41) is 0.831. The molecule has 0 aliphatic carbocycles. The van der Waals surface area contributed by atoms with Gasteiger partial charge in [0, 0.05) is 44.7 Å². The van der Waals surface area contributed by atoms with Crippen LogP contribution in [-0.4, -0.2) is 90.5 Å². The predicted molar refractivity (Wildman–Crippen MR) is 119 cm³/mol. The number of ether oxygens (including phenoxy) is 1. The number of fused-ring (bicyclic) bond motifs is 1. The first kappa shape index (κ1) is 20.7. The van der Waals surface area contributed by atoms with Crippen molar-refractivity contribution in [2.75, 3.05) is 59.0 Å². The van der Waals surface area contributed by atoms with Crippen molar-refractivity contribution in [3.05, 3.63) is 54.3 Å². The van der Waals surface area contributed by atoms with Crippen LogP contribution < -0.4 is 0 Å². The highest BCUT2D eigenvalue weighted by atomic mass is 16.5. The second-order valence-corrected chi connectivity index (χ2v) is 8.11. The number of morpholine rings is 1. The first-order valence-corrected chi connectivity index (χ1v) is 11.0. The van der Waals surface area contributed by atoms with Gasteiger partial charge in [0.2, 0.25) is 5.91 Å². The van der Waals surface area contributed by atoms with E-state index in [0.717, 1.165) is 10.9 Å². The van der Waals surface area contributed by atoms with Gasteiger partial charge < -0.3 is 19.0 Å². The Morgan fingerprint density at radius 2 is 1.69 bits per heavy atom. The molecule has 3 aromatic rings. The Balaban J connectivity index is 1.29. The van der Waals surface area contributed by atoms with E-state index in [-0.39, 0.29) is 11.8 Å². The third kappa shape index (κ3) is 4.24. The zero-order valence-electron chi connectivity index (χ0n) is 17.9. The summed E-state index contributed by atoms with van der Waals surface area (Å²) in [5.74, 6) is 0.753. The number of carbonyl (C=O) groups is 2. The predicted octanol–water partition coefficient (Wildman–Crippen LogP) is 2.11. The molecule has 0 spiro atoms. The summed E-state index contributed by atoms with van der Waals surface area (Å²) in [6, 6.07) is 13.1. The van der Waals surface area contributed by atoms with Gasteiger partial charge in [0.25, 0.3) is 5.91 Å². The summed E-state index contributed by atoms with van der Waals surface area (Å²) in [5.41, 5.74) is 2.03. The number of piperazine rings is 1. The molecular weight excluding hydrogens is 408 g/mol. The Morgan fingerprint density at radius 3 is 2.44 bits per heavy atom. The molecule has 0 atom stereocenters. The minimum absolute atomic E-state index is 0.0180. The molecule has 1 aromatic carbocycles. The molecule has 5 rings (SSSR count). The molecule has 0 radical (unpaired) electrons. The van der Waals surface area contributed by atoms with Crippen LogP contribution in [0.25, 0.3) is 22.4 Å². The van der Waals surface area contributed by atoms with E-state index in [9.17, 15) is 9.59 Å². The van der Waals surface area contributed by atoms with Crippen molar-refractivity contribution in [2.45, 2.75) is 0 Å². The fraction of sp³-hybridized carbons (Fsp3) is 0.375. The Morgan fingerprint density at radius 1 is 0.906 bits per heavy atom. The highest BCUT2D eigenvalue weighted by Gasteiger charge is 2.27. The van der Waals surface area contributed by atoms with Gasteiger partial charge in [-0.25, -0.2) is 4.98 Å². The third-order valence-corrected chi connectivity index (χ3v) is 6.10. The van der Waals surface area contributed by atoms with Gasteiger partial charge in [-0.2, -0.15) is 0 Å². The van der Waals surface area contributed by atoms with Gasteiger partial charge in [-0.05, 0) is 24.3 Å². The maximum Gasteiger partial charge on any atom is 0.254 e. The number of furan rings is 1. The lowest BCUT2D eigenvalue weighted by Gasteiger charge is -2.36. The van der Waals surface area contributed by atoms with Gasteiger partial charge in [-0.15, -0.1) is 0 Å². The maximum absolute atomic E-state index is 13.5. The number of amides is 2. The van der Waals surface area contributed by atoms with Crippen LogP contribution in [-0.2, 0) is 9.53 Å². The molecule has 8 heteroatoms. The standard InChI is InChI=1S/C24H26N4O4/c29-23(27-11-14-31-15-12-27)17-26-7-9-28(10-8-26)24(30)19-16-21(22-6-3-13-32-22)25-20-5-2-1-4-18(19)20/h1-6,13,16H,7-12,14-15,17H2. The minimum Gasteiger partial charge on any atom is -0.463 e. The quantitative estimate of drug-likeness (QED) is 0.626. The third-order valence-electron chi connectivity index (χ3n) is 6.10. The summed E-state index contributed by atoms with van der Waals surface area (Å²) in [7, 11) is 0. The molecule has 0 saturated carbocycles. The Bertz CT molecular complexity index is 1100. The van der Waals surface area contributed by atoms with E-state index < -0.39 is 0 Å². The molecule has 8 nitrogen and oxygen atoms in total. The van der Waals surface area contributed by atoms with Crippen molar-refractivity contribution in [1.29, 1.82) is 0 Å². The van der Waals surface area contributed by atoms with Crippen molar-refractivity contribution < 1.29 is 18.7 Å². The highest BCUT2D eigenvalue weighted by Crippen LogP contribution is 2.26. The lowest BCUT2D eigenvalue weighted by Crippen LogP contribution is -2.52. The topological polar surface area (TPSA) is 79.1 Å². The smallest absolute Gasteiger partial charge is 0.254 e. The fourth-order valence-corrected chi connectivity index (χ4v) is 4.29. The number of nitrogens with zero attached hydrogens (tertiary/aromatic N) is 4. The van der Waals surface area contributed by atoms with Crippen LogP contribution in [0.5, 0.6) is 0 Å². The van der Waals surface area contributed by atoms with Crippen molar-refractivity contribution in [1.82, 2.24) is 19.7 Å². The van der Waals surface area contributed by atoms with E-state index in [0.29, 0.717) is 76.0 Å². The molecule has 2 saturated heterocycles. The molecule has 4 heterocycles. The zero-order chi connectivity index (χ0) is 21.9. The molecule has 0 bridgehead atoms. The number of hydrogen-bond acceptors (Lipinski definition) is 6. The number of aromatic nitrogens is 1. The van der Waals surface area contributed by atoms with E-state index in [1.165, 1.54) is 0 Å². The molecule has 2 aliphatic rings. The molecule has 0 unspecified atom stereocenters. The van der Waals surface area contributed by atoms with Crippen molar-refractivity contribution in [3.63, 3.8) is 0 Å². The first-order chi connectivity index (χ1) is 15.7. The Hall–Kier alpha value is -3.23. The number of benzene rings is 1. The summed E-state index contributed by atoms with van der Waals surface area (Å²) < 4.78 is 10.8. The van der Waals surface area contributed by atoms with Crippen LogP contribution in [0.4, 0.5) is 0 Å². The van der Waals surface area contributed by atoms with Crippen LogP contribution in [0.3, 0.4) is 0 Å². The van der Waals surface area contributed by atoms with Gasteiger partial charge in [0.15, 0.2) is 5.76 Å². The summed E-state index contributed by atoms with van der Waals surface area (Å²) in [6.07, 6.45) is 1.60. The molecule has 2 aromatic heterocycles. The van der Waals surface area contributed by atoms with Gasteiger partial charge in [0.05, 0.1) is 37.1 Å². The van der Waals surface area contributed by atoms with E-state index >= 15 is 0 Å². The number of rotatable bonds is 4. The molecule has 2 amide bonds. The van der Waals surface area contributed by atoms with Crippen molar-refractivity contribution >= 4 is 22.7 Å². The van der Waals surface area contributed by atoms with Crippen LogP contribution >= 0.6 is 0 Å². The largest absolute Gasteiger partial charge is 0.463 e. The van der Waals surface area contributed by atoms with Crippen LogP contribution in [0.1, 0.15) is 10.4 Å². The number of pyridine rings is 1. The first-order valence-electron chi connectivity index (χ1n) is 11.0. The minimum atomic E-state index is -0.0180. The summed E-state index contributed by atoms with van der Waals surface area (Å²) >= 11 is 0. The number of carbonyl (C=O) groups excluding carboxylic acids is 2. The average Bonchev–Trinajstić information content (AvgIpc) is 3.39. The van der Waals surface area contributed by atoms with E-state index in [1.807, 2.05) is 52.3 Å². The van der Waals surface area contributed by atoms with Crippen LogP contribution in [0, 0.1) is 0 Å². The monoisotopic (exact) mass is 434 g/mol. The second-order valence-electron chi connectivity index (χ2n) is 8.11. The number of hydrogen-bond donors (Lipinski definition) is 0. The molecule has 166 valence electrons. The van der Waals surface area contributed by atoms with Gasteiger partial charge >= 0.3 is 0 Å². The van der Waals surface area contributed by atoms with Crippen LogP contribution in [0.2, 0.25) is 0 Å². The van der Waals surface area contributed by atoms with E-state index in [4.69, 9.17) is 9.15 Å².